The summed E-state index contributed by atoms with van der Waals surface area (Å²) in [5.74, 6) is 0.00915. The number of nitrogens with one attached hydrogen (secondary N) is 1. The Kier molecular flexibility index (Phi) is 10.0. The number of benzene rings is 1. The van der Waals surface area contributed by atoms with Crippen LogP contribution in [0.25, 0.3) is 0 Å². The first-order valence-electron chi connectivity index (χ1n) is 8.61. The summed E-state index contributed by atoms with van der Waals surface area (Å²) in [6, 6.07) is 8.03. The Morgan fingerprint density at radius 2 is 1.77 bits per heavy atom. The molecule has 22 heavy (non-hydrogen) atoms. The van der Waals surface area contributed by atoms with Crippen molar-refractivity contribution >= 4 is 12.1 Å². The van der Waals surface area contributed by atoms with Crippen molar-refractivity contribution in [2.75, 3.05) is 0 Å². The lowest BCUT2D eigenvalue weighted by molar-refractivity contribution is -0.121. The number of hydrogen-bond donors (Lipinski definition) is 1. The summed E-state index contributed by atoms with van der Waals surface area (Å²) in [6.45, 7) is 4.28. The number of hydrogen-bond acceptors (Lipinski definition) is 2. The normalized spacial score (nSPS) is 11.0. The van der Waals surface area contributed by atoms with Gasteiger partial charge in [-0.3, -0.25) is 4.79 Å². The van der Waals surface area contributed by atoms with Crippen molar-refractivity contribution in [1.29, 1.82) is 0 Å². The van der Waals surface area contributed by atoms with Crippen LogP contribution in [0.15, 0.2) is 29.4 Å². The largest absolute Gasteiger partial charge is 0.273 e. The van der Waals surface area contributed by atoms with Crippen molar-refractivity contribution in [3.05, 3.63) is 35.4 Å². The predicted octanol–water partition coefficient (Wildman–Crippen LogP) is 4.98. The second-order valence-corrected chi connectivity index (χ2v) is 5.93. The van der Waals surface area contributed by atoms with Crippen LogP contribution in [0, 0.1) is 6.92 Å². The van der Waals surface area contributed by atoms with E-state index >= 15 is 0 Å². The molecule has 0 fully saturated rings. The van der Waals surface area contributed by atoms with Crippen molar-refractivity contribution in [2.24, 2.45) is 5.10 Å². The Labute approximate surface area is 135 Å². The van der Waals surface area contributed by atoms with Gasteiger partial charge in [0.1, 0.15) is 0 Å². The highest BCUT2D eigenvalue weighted by molar-refractivity contribution is 5.82. The molecule has 0 aliphatic carbocycles. The highest BCUT2D eigenvalue weighted by atomic mass is 16.2. The third-order valence-electron chi connectivity index (χ3n) is 3.70. The molecule has 0 bridgehead atoms. The molecule has 0 unspecified atom stereocenters. The van der Waals surface area contributed by atoms with E-state index < -0.39 is 0 Å². The summed E-state index contributed by atoms with van der Waals surface area (Å²) in [7, 11) is 0. The zero-order chi connectivity index (χ0) is 16.0. The number of rotatable bonds is 11. The summed E-state index contributed by atoms with van der Waals surface area (Å²) >= 11 is 0. The lowest BCUT2D eigenvalue weighted by Crippen LogP contribution is -2.16. The van der Waals surface area contributed by atoms with Gasteiger partial charge in [0.05, 0.1) is 6.21 Å². The SMILES string of the molecule is CCCCCCCCCCC(=O)N/N=C/c1cccc(C)c1. The number of hydrazone groups is 1. The standard InChI is InChI=1S/C19H30N2O/c1-3-4-5-6-7-8-9-10-14-19(22)21-20-16-18-13-11-12-17(2)15-18/h11-13,15-16H,3-10,14H2,1-2H3,(H,21,22)/b20-16+. The van der Waals surface area contributed by atoms with Gasteiger partial charge in [0.15, 0.2) is 0 Å². The van der Waals surface area contributed by atoms with Crippen LogP contribution in [0.2, 0.25) is 0 Å². The molecule has 1 rings (SSSR count). The number of unbranched alkanes of at least 4 members (excludes halogenated alkanes) is 7. The van der Waals surface area contributed by atoms with Crippen LogP contribution in [-0.2, 0) is 4.79 Å². The fourth-order valence-electron chi connectivity index (χ4n) is 2.40. The van der Waals surface area contributed by atoms with Gasteiger partial charge in [-0.25, -0.2) is 5.43 Å². The van der Waals surface area contributed by atoms with Crippen LogP contribution in [0.1, 0.15) is 75.8 Å². The van der Waals surface area contributed by atoms with Gasteiger partial charge in [0.2, 0.25) is 5.91 Å². The van der Waals surface area contributed by atoms with Crippen molar-refractivity contribution in [1.82, 2.24) is 5.43 Å². The Hall–Kier alpha value is -1.64. The minimum absolute atomic E-state index is 0.00915. The van der Waals surface area contributed by atoms with Gasteiger partial charge in [-0.05, 0) is 18.9 Å². The highest BCUT2D eigenvalue weighted by Gasteiger charge is 1.99. The molecular weight excluding hydrogens is 272 g/mol. The Morgan fingerprint density at radius 1 is 1.09 bits per heavy atom. The first-order chi connectivity index (χ1) is 10.7. The third kappa shape index (κ3) is 9.32. The Balaban J connectivity index is 2.04. The lowest BCUT2D eigenvalue weighted by Gasteiger charge is -2.02. The fraction of sp³-hybridized carbons (Fsp3) is 0.579. The monoisotopic (exact) mass is 302 g/mol. The summed E-state index contributed by atoms with van der Waals surface area (Å²) in [6.07, 6.45) is 12.2. The van der Waals surface area contributed by atoms with Crippen molar-refractivity contribution in [3.63, 3.8) is 0 Å². The molecule has 0 saturated heterocycles. The molecule has 1 amide bonds. The van der Waals surface area contributed by atoms with E-state index in [1.807, 2.05) is 31.2 Å². The maximum Gasteiger partial charge on any atom is 0.240 e. The number of nitrogens with zero attached hydrogens (tertiary/aromatic N) is 1. The maximum atomic E-state index is 11.6. The molecule has 1 aromatic carbocycles. The summed E-state index contributed by atoms with van der Waals surface area (Å²) < 4.78 is 0. The van der Waals surface area contributed by atoms with E-state index in [9.17, 15) is 4.79 Å². The molecule has 0 radical (unpaired) electrons. The maximum absolute atomic E-state index is 11.6. The summed E-state index contributed by atoms with van der Waals surface area (Å²) in [5.41, 5.74) is 4.80. The Bertz CT molecular complexity index is 455. The van der Waals surface area contributed by atoms with Gasteiger partial charge in [-0.1, -0.05) is 81.7 Å². The lowest BCUT2D eigenvalue weighted by atomic mass is 10.1. The molecule has 0 aliphatic rings. The number of carbonyl (C=O) groups excluding carboxylic acids is 1. The second-order valence-electron chi connectivity index (χ2n) is 5.93. The van der Waals surface area contributed by atoms with Gasteiger partial charge in [0.25, 0.3) is 0 Å². The third-order valence-corrected chi connectivity index (χ3v) is 3.70. The van der Waals surface area contributed by atoms with E-state index in [1.165, 1.54) is 44.1 Å². The molecule has 0 aliphatic heterocycles. The average Bonchev–Trinajstić information content (AvgIpc) is 2.50. The van der Waals surface area contributed by atoms with Gasteiger partial charge in [0, 0.05) is 6.42 Å². The van der Waals surface area contributed by atoms with Crippen LogP contribution < -0.4 is 5.43 Å². The average molecular weight is 302 g/mol. The molecule has 0 heterocycles. The summed E-state index contributed by atoms with van der Waals surface area (Å²) in [4.78, 5) is 11.6. The quantitative estimate of drug-likeness (QED) is 0.350. The fourth-order valence-corrected chi connectivity index (χ4v) is 2.40. The molecule has 122 valence electrons. The van der Waals surface area contributed by atoms with Gasteiger partial charge in [-0.15, -0.1) is 0 Å². The molecule has 0 spiro atoms. The van der Waals surface area contributed by atoms with E-state index in [2.05, 4.69) is 17.5 Å². The van der Waals surface area contributed by atoms with E-state index in [0.29, 0.717) is 6.42 Å². The molecule has 0 atom stereocenters. The van der Waals surface area contributed by atoms with E-state index in [-0.39, 0.29) is 5.91 Å². The van der Waals surface area contributed by atoms with Crippen LogP contribution in [0.3, 0.4) is 0 Å². The number of carbonyl (C=O) groups is 1. The minimum Gasteiger partial charge on any atom is -0.273 e. The highest BCUT2D eigenvalue weighted by Crippen LogP contribution is 2.09. The summed E-state index contributed by atoms with van der Waals surface area (Å²) in [5, 5.41) is 4.01. The topological polar surface area (TPSA) is 41.5 Å². The van der Waals surface area contributed by atoms with Crippen molar-refractivity contribution in [3.8, 4) is 0 Å². The van der Waals surface area contributed by atoms with E-state index in [4.69, 9.17) is 0 Å². The number of amides is 1. The number of aryl methyl sites for hydroxylation is 1. The molecule has 0 saturated carbocycles. The zero-order valence-electron chi connectivity index (χ0n) is 14.1. The molecule has 3 nitrogen and oxygen atoms in total. The van der Waals surface area contributed by atoms with Gasteiger partial charge in [-0.2, -0.15) is 5.10 Å². The van der Waals surface area contributed by atoms with E-state index in [1.54, 1.807) is 6.21 Å². The molecule has 1 aromatic rings. The molecule has 0 aromatic heterocycles. The molecule has 3 heteroatoms. The minimum atomic E-state index is 0.00915. The van der Waals surface area contributed by atoms with Crippen LogP contribution >= 0.6 is 0 Å². The van der Waals surface area contributed by atoms with Crippen LogP contribution in [-0.4, -0.2) is 12.1 Å². The first kappa shape index (κ1) is 18.4. The van der Waals surface area contributed by atoms with E-state index in [0.717, 1.165) is 18.4 Å². The zero-order valence-corrected chi connectivity index (χ0v) is 14.1. The van der Waals surface area contributed by atoms with Gasteiger partial charge >= 0.3 is 0 Å². The Morgan fingerprint density at radius 3 is 2.45 bits per heavy atom. The van der Waals surface area contributed by atoms with Gasteiger partial charge < -0.3 is 0 Å². The van der Waals surface area contributed by atoms with Crippen LogP contribution in [0.5, 0.6) is 0 Å². The molecule has 1 N–H and O–H groups in total. The smallest absolute Gasteiger partial charge is 0.240 e. The van der Waals surface area contributed by atoms with Crippen molar-refractivity contribution in [2.45, 2.75) is 71.6 Å². The van der Waals surface area contributed by atoms with Crippen molar-refractivity contribution < 1.29 is 4.79 Å². The van der Waals surface area contributed by atoms with Crippen LogP contribution in [0.4, 0.5) is 0 Å². The first-order valence-corrected chi connectivity index (χ1v) is 8.61. The molecular formula is C19H30N2O. The second kappa shape index (κ2) is 12.0. The predicted molar refractivity (Wildman–Crippen MR) is 94.1 cm³/mol.